The normalized spacial score (nSPS) is 11.7. The van der Waals surface area contributed by atoms with E-state index in [1.54, 1.807) is 12.1 Å². The summed E-state index contributed by atoms with van der Waals surface area (Å²) in [4.78, 5) is 32.9. The van der Waals surface area contributed by atoms with E-state index in [0.717, 1.165) is 11.1 Å². The van der Waals surface area contributed by atoms with Crippen molar-refractivity contribution in [3.63, 3.8) is 0 Å². The Labute approximate surface area is 172 Å². The van der Waals surface area contributed by atoms with Gasteiger partial charge in [0.1, 0.15) is 5.25 Å². The number of benzene rings is 3. The van der Waals surface area contributed by atoms with E-state index in [9.17, 15) is 9.59 Å². The second-order valence-electron chi connectivity index (χ2n) is 6.44. The molecule has 0 saturated carbocycles. The minimum absolute atomic E-state index is 0.0328. The van der Waals surface area contributed by atoms with E-state index in [4.69, 9.17) is 0 Å². The van der Waals surface area contributed by atoms with Gasteiger partial charge < -0.3 is 4.98 Å². The summed E-state index contributed by atoms with van der Waals surface area (Å²) >= 11 is 1.25. The van der Waals surface area contributed by atoms with Crippen molar-refractivity contribution in [2.75, 3.05) is 0 Å². The van der Waals surface area contributed by atoms with Gasteiger partial charge >= 0.3 is 0 Å². The van der Waals surface area contributed by atoms with Crippen LogP contribution in [0.25, 0.3) is 11.3 Å². The van der Waals surface area contributed by atoms with Crippen molar-refractivity contribution >= 4 is 17.5 Å². The second-order valence-corrected chi connectivity index (χ2v) is 7.53. The largest absolute Gasteiger partial charge is 0.301 e. The molecule has 1 N–H and O–H groups in total. The van der Waals surface area contributed by atoms with Crippen LogP contribution in [0.2, 0.25) is 0 Å². The Morgan fingerprint density at radius 2 is 1.41 bits per heavy atom. The predicted octanol–water partition coefficient (Wildman–Crippen LogP) is 5.15. The summed E-state index contributed by atoms with van der Waals surface area (Å²) in [5, 5.41) is -0.109. The maximum absolute atomic E-state index is 13.2. The molecule has 1 atom stereocenters. The van der Waals surface area contributed by atoms with E-state index in [2.05, 4.69) is 9.97 Å². The number of hydrogen-bond acceptors (Lipinski definition) is 4. The van der Waals surface area contributed by atoms with Gasteiger partial charge in [-0.05, 0) is 5.56 Å². The molecule has 1 heterocycles. The lowest BCUT2D eigenvalue weighted by Gasteiger charge is -2.16. The van der Waals surface area contributed by atoms with E-state index in [1.807, 2.05) is 78.9 Å². The molecule has 3 aromatic carbocycles. The second kappa shape index (κ2) is 8.71. The first-order chi connectivity index (χ1) is 14.2. The molecule has 142 valence electrons. The van der Waals surface area contributed by atoms with E-state index in [0.29, 0.717) is 16.4 Å². The van der Waals surface area contributed by atoms with Crippen LogP contribution in [0.15, 0.2) is 107 Å². The molecule has 0 aliphatic heterocycles. The number of rotatable bonds is 6. The predicted molar refractivity (Wildman–Crippen MR) is 116 cm³/mol. The van der Waals surface area contributed by atoms with Gasteiger partial charge in [-0.2, -0.15) is 0 Å². The maximum Gasteiger partial charge on any atom is 0.252 e. The Bertz CT molecular complexity index is 1160. The molecule has 0 aliphatic rings. The number of thioether (sulfide) groups is 1. The van der Waals surface area contributed by atoms with Crippen molar-refractivity contribution in [1.82, 2.24) is 9.97 Å². The number of Topliss-reactive ketones (excluding diaryl/α,β-unsaturated/α-hetero) is 1. The van der Waals surface area contributed by atoms with Crippen LogP contribution >= 0.6 is 11.8 Å². The fourth-order valence-electron chi connectivity index (χ4n) is 3.01. The zero-order valence-corrected chi connectivity index (χ0v) is 16.3. The highest BCUT2D eigenvalue weighted by Crippen LogP contribution is 2.36. The molecule has 29 heavy (non-hydrogen) atoms. The highest BCUT2D eigenvalue weighted by molar-refractivity contribution is 8.00. The summed E-state index contributed by atoms with van der Waals surface area (Å²) in [6, 6.07) is 29.7. The van der Waals surface area contributed by atoms with Gasteiger partial charge in [0.15, 0.2) is 10.9 Å². The summed E-state index contributed by atoms with van der Waals surface area (Å²) in [6.07, 6.45) is 0. The Morgan fingerprint density at radius 1 is 0.828 bits per heavy atom. The van der Waals surface area contributed by atoms with E-state index >= 15 is 0 Å². The fraction of sp³-hybridized carbons (Fsp3) is 0.0417. The molecule has 5 heteroatoms. The van der Waals surface area contributed by atoms with Gasteiger partial charge in [-0.1, -0.05) is 103 Å². The Morgan fingerprint density at radius 3 is 2.07 bits per heavy atom. The fourth-order valence-corrected chi connectivity index (χ4v) is 4.08. The maximum atomic E-state index is 13.2. The highest BCUT2D eigenvalue weighted by atomic mass is 32.2. The van der Waals surface area contributed by atoms with Gasteiger partial charge in [0.25, 0.3) is 5.56 Å². The number of H-pyrrole nitrogens is 1. The van der Waals surface area contributed by atoms with Crippen molar-refractivity contribution in [2.45, 2.75) is 10.4 Å². The minimum atomic E-state index is -0.521. The smallest absolute Gasteiger partial charge is 0.252 e. The standard InChI is InChI=1S/C24H18N2O2S/c27-21-16-20(17-10-4-1-5-11-17)25-24(26-21)29-23(19-14-8-3-9-15-19)22(28)18-12-6-2-7-13-18/h1-16,23H,(H,25,26,27). The molecule has 0 bridgehead atoms. The lowest BCUT2D eigenvalue weighted by molar-refractivity contribution is 0.0989. The number of carbonyl (C=O) groups is 1. The molecular weight excluding hydrogens is 380 g/mol. The molecule has 4 rings (SSSR count). The SMILES string of the molecule is O=C(c1ccccc1)C(Sc1nc(-c2ccccc2)cc(=O)[nH]1)c1ccccc1. The van der Waals surface area contributed by atoms with Gasteiger partial charge in [0.2, 0.25) is 0 Å². The summed E-state index contributed by atoms with van der Waals surface area (Å²) in [7, 11) is 0. The molecule has 0 radical (unpaired) electrons. The van der Waals surface area contributed by atoms with Crippen molar-refractivity contribution in [1.29, 1.82) is 0 Å². The van der Waals surface area contributed by atoms with Crippen LogP contribution in [-0.2, 0) is 0 Å². The van der Waals surface area contributed by atoms with Crippen molar-refractivity contribution < 1.29 is 4.79 Å². The molecule has 0 spiro atoms. The Balaban J connectivity index is 1.73. The van der Waals surface area contributed by atoms with Crippen LogP contribution < -0.4 is 5.56 Å². The van der Waals surface area contributed by atoms with Gasteiger partial charge in [-0.15, -0.1) is 0 Å². The molecule has 4 aromatic rings. The topological polar surface area (TPSA) is 62.8 Å². The third-order valence-electron chi connectivity index (χ3n) is 4.42. The third kappa shape index (κ3) is 4.52. The van der Waals surface area contributed by atoms with Crippen molar-refractivity contribution in [3.05, 3.63) is 119 Å². The minimum Gasteiger partial charge on any atom is -0.301 e. The number of ketones is 1. The summed E-state index contributed by atoms with van der Waals surface area (Å²) < 4.78 is 0. The Kier molecular flexibility index (Phi) is 5.68. The summed E-state index contributed by atoms with van der Waals surface area (Å²) in [5.74, 6) is -0.0328. The van der Waals surface area contributed by atoms with Crippen molar-refractivity contribution in [2.24, 2.45) is 0 Å². The average molecular weight is 398 g/mol. The lowest BCUT2D eigenvalue weighted by atomic mass is 10.0. The monoisotopic (exact) mass is 398 g/mol. The van der Waals surface area contributed by atoms with Crippen LogP contribution in [0, 0.1) is 0 Å². The molecule has 0 fully saturated rings. The van der Waals surface area contributed by atoms with Crippen molar-refractivity contribution in [3.8, 4) is 11.3 Å². The van der Waals surface area contributed by atoms with Gasteiger partial charge in [0.05, 0.1) is 5.69 Å². The molecule has 1 aromatic heterocycles. The van der Waals surface area contributed by atoms with Crippen LogP contribution in [0.3, 0.4) is 0 Å². The highest BCUT2D eigenvalue weighted by Gasteiger charge is 2.24. The van der Waals surface area contributed by atoms with Crippen LogP contribution in [0.4, 0.5) is 0 Å². The molecule has 0 saturated heterocycles. The lowest BCUT2D eigenvalue weighted by Crippen LogP contribution is -2.13. The number of carbonyl (C=O) groups excluding carboxylic acids is 1. The van der Waals surface area contributed by atoms with Crippen LogP contribution in [-0.4, -0.2) is 15.8 Å². The van der Waals surface area contributed by atoms with Crippen LogP contribution in [0.1, 0.15) is 21.2 Å². The molecular formula is C24H18N2O2S. The molecule has 4 nitrogen and oxygen atoms in total. The Hall–Kier alpha value is -3.44. The first-order valence-corrected chi connectivity index (χ1v) is 10.1. The quantitative estimate of drug-likeness (QED) is 0.277. The summed E-state index contributed by atoms with van der Waals surface area (Å²) in [5.41, 5.74) is 2.66. The number of aromatic nitrogens is 2. The van der Waals surface area contributed by atoms with Gasteiger partial charge in [-0.3, -0.25) is 9.59 Å². The van der Waals surface area contributed by atoms with Gasteiger partial charge in [0, 0.05) is 17.2 Å². The number of hydrogen-bond donors (Lipinski definition) is 1. The first kappa shape index (κ1) is 18.9. The number of nitrogens with zero attached hydrogens (tertiary/aromatic N) is 1. The zero-order chi connectivity index (χ0) is 20.1. The summed E-state index contributed by atoms with van der Waals surface area (Å²) in [6.45, 7) is 0. The molecule has 1 unspecified atom stereocenters. The zero-order valence-electron chi connectivity index (χ0n) is 15.5. The average Bonchev–Trinajstić information content (AvgIpc) is 2.78. The third-order valence-corrected chi connectivity index (χ3v) is 5.56. The number of aromatic amines is 1. The number of nitrogens with one attached hydrogen (secondary N) is 1. The van der Waals surface area contributed by atoms with E-state index in [1.165, 1.54) is 17.8 Å². The van der Waals surface area contributed by atoms with Gasteiger partial charge in [-0.25, -0.2) is 4.98 Å². The molecule has 0 aliphatic carbocycles. The first-order valence-electron chi connectivity index (χ1n) is 9.18. The van der Waals surface area contributed by atoms with E-state index < -0.39 is 5.25 Å². The van der Waals surface area contributed by atoms with Crippen LogP contribution in [0.5, 0.6) is 0 Å². The van der Waals surface area contributed by atoms with E-state index in [-0.39, 0.29) is 11.3 Å². The molecule has 0 amide bonds.